The minimum atomic E-state index is -3.57. The van der Waals surface area contributed by atoms with Crippen LogP contribution in [0.3, 0.4) is 0 Å². The molecule has 288 valence electrons. The number of rotatable bonds is 15. The zero-order valence-corrected chi connectivity index (χ0v) is 33.5. The predicted octanol–water partition coefficient (Wildman–Crippen LogP) is 4.65. The van der Waals surface area contributed by atoms with Gasteiger partial charge in [-0.1, -0.05) is 80.6 Å². The highest BCUT2D eigenvalue weighted by Gasteiger charge is 2.54. The topological polar surface area (TPSA) is 171 Å². The van der Waals surface area contributed by atoms with Gasteiger partial charge in [0.15, 0.2) is 9.84 Å². The van der Waals surface area contributed by atoms with E-state index >= 15 is 0 Å². The van der Waals surface area contributed by atoms with Gasteiger partial charge in [0, 0.05) is 13.1 Å². The Labute approximate surface area is 301 Å². The van der Waals surface area contributed by atoms with E-state index < -0.39 is 72.7 Å². The number of carbonyl (C=O) groups excluding carboxylic acids is 5. The predicted molar refractivity (Wildman–Crippen MR) is 197 cm³/mol. The van der Waals surface area contributed by atoms with Crippen molar-refractivity contribution < 1.29 is 32.4 Å². The fourth-order valence-corrected chi connectivity index (χ4v) is 8.44. The number of nitrogens with one attached hydrogen (secondary N) is 4. The third-order valence-corrected chi connectivity index (χ3v) is 13.4. The van der Waals surface area contributed by atoms with Crippen LogP contribution in [0.2, 0.25) is 0 Å². The molecule has 4 atom stereocenters. The molecular formula is C37H67N5O7S. The minimum absolute atomic E-state index is 0.0325. The number of Topliss-reactive ketones (excluding diaryl/α,β-unsaturated/α-hetero) is 1. The lowest BCUT2D eigenvalue weighted by molar-refractivity contribution is -0.148. The van der Waals surface area contributed by atoms with Crippen molar-refractivity contribution in [1.29, 1.82) is 0 Å². The van der Waals surface area contributed by atoms with Gasteiger partial charge in [-0.2, -0.15) is 0 Å². The average molecular weight is 726 g/mol. The summed E-state index contributed by atoms with van der Waals surface area (Å²) in [5.74, 6) is -2.50. The molecule has 1 aliphatic carbocycles. The molecule has 1 heterocycles. The molecule has 3 unspecified atom stereocenters. The molecule has 0 aromatic heterocycles. The first kappa shape index (κ1) is 43.5. The monoisotopic (exact) mass is 725 g/mol. The van der Waals surface area contributed by atoms with E-state index in [9.17, 15) is 32.4 Å². The van der Waals surface area contributed by atoms with Crippen molar-refractivity contribution in [1.82, 2.24) is 26.2 Å². The van der Waals surface area contributed by atoms with Gasteiger partial charge in [0.25, 0.3) is 5.91 Å². The molecule has 1 saturated heterocycles. The maximum absolute atomic E-state index is 14.6. The van der Waals surface area contributed by atoms with Crippen LogP contribution >= 0.6 is 0 Å². The summed E-state index contributed by atoms with van der Waals surface area (Å²) >= 11 is 0. The maximum Gasteiger partial charge on any atom is 0.315 e. The van der Waals surface area contributed by atoms with Crippen molar-refractivity contribution in [3.05, 3.63) is 0 Å². The van der Waals surface area contributed by atoms with E-state index in [1.165, 1.54) is 4.90 Å². The fourth-order valence-electron chi connectivity index (χ4n) is 6.92. The largest absolute Gasteiger partial charge is 0.349 e. The molecule has 12 nitrogen and oxygen atoms in total. The molecule has 50 heavy (non-hydrogen) atoms. The standard InChI is InChI=1S/C37H67N5O7S/c1-12-14-18-27(28(43)30(44)38-21-13-2)39-32(46)36(11)22-26(25(3)4)23-42(36)31(45)29(34(5,6)7)40-33(47)41-37(19-16-15-17-20-37)24-50(48,49)35(8,9)10/h25-27,29H,12-24H2,1-11H3,(H,38,44)(H,39,46)(H2,40,41,47)/t26?,27?,29-,36?/m1/s1. The fraction of sp³-hybridized carbons (Fsp3) is 0.865. The molecule has 2 fully saturated rings. The first-order valence-corrected chi connectivity index (χ1v) is 20.4. The molecule has 0 aromatic carbocycles. The Kier molecular flexibility index (Phi) is 15.0. The van der Waals surface area contributed by atoms with Crippen LogP contribution in [0.4, 0.5) is 4.79 Å². The zero-order valence-electron chi connectivity index (χ0n) is 32.7. The van der Waals surface area contributed by atoms with Gasteiger partial charge in [0.1, 0.15) is 11.6 Å². The van der Waals surface area contributed by atoms with Crippen LogP contribution in [0.15, 0.2) is 0 Å². The zero-order chi connectivity index (χ0) is 38.3. The molecular weight excluding hydrogens is 659 g/mol. The molecule has 2 aliphatic rings. The van der Waals surface area contributed by atoms with Gasteiger partial charge in [0.05, 0.1) is 22.1 Å². The summed E-state index contributed by atoms with van der Waals surface area (Å²) in [7, 11) is -3.57. The van der Waals surface area contributed by atoms with Gasteiger partial charge in [-0.25, -0.2) is 13.2 Å². The van der Waals surface area contributed by atoms with Crippen LogP contribution in [0.1, 0.15) is 140 Å². The second-order valence-corrected chi connectivity index (χ2v) is 20.1. The second-order valence-electron chi connectivity index (χ2n) is 17.3. The van der Waals surface area contributed by atoms with Crippen molar-refractivity contribution in [2.75, 3.05) is 18.8 Å². The number of nitrogens with zero attached hydrogens (tertiary/aromatic N) is 1. The van der Waals surface area contributed by atoms with Crippen LogP contribution in [-0.4, -0.2) is 89.6 Å². The molecule has 0 bridgehead atoms. The Morgan fingerprint density at radius 1 is 0.900 bits per heavy atom. The Hall–Kier alpha value is -2.70. The third kappa shape index (κ3) is 10.9. The molecule has 0 aromatic rings. The van der Waals surface area contributed by atoms with Crippen molar-refractivity contribution in [3.63, 3.8) is 0 Å². The highest BCUT2D eigenvalue weighted by molar-refractivity contribution is 7.92. The average Bonchev–Trinajstić information content (AvgIpc) is 3.37. The van der Waals surface area contributed by atoms with E-state index in [-0.39, 0.29) is 30.6 Å². The van der Waals surface area contributed by atoms with Crippen molar-refractivity contribution in [2.45, 2.75) is 168 Å². The van der Waals surface area contributed by atoms with Gasteiger partial charge < -0.3 is 26.2 Å². The van der Waals surface area contributed by atoms with E-state index in [4.69, 9.17) is 0 Å². The molecule has 2 rings (SSSR count). The number of amides is 5. The molecule has 13 heteroatoms. The van der Waals surface area contributed by atoms with E-state index in [1.54, 1.807) is 27.7 Å². The third-order valence-electron chi connectivity index (χ3n) is 10.6. The van der Waals surface area contributed by atoms with Crippen molar-refractivity contribution in [2.24, 2.45) is 17.3 Å². The number of hydrogen-bond acceptors (Lipinski definition) is 7. The molecule has 4 N–H and O–H groups in total. The lowest BCUT2D eigenvalue weighted by Gasteiger charge is -2.42. The summed E-state index contributed by atoms with van der Waals surface area (Å²) in [5.41, 5.74) is -3.10. The van der Waals surface area contributed by atoms with E-state index in [2.05, 4.69) is 21.3 Å². The van der Waals surface area contributed by atoms with Crippen LogP contribution in [-0.2, 0) is 29.0 Å². The number of carbonyl (C=O) groups is 5. The summed E-state index contributed by atoms with van der Waals surface area (Å²) < 4.78 is 25.7. The minimum Gasteiger partial charge on any atom is -0.349 e. The van der Waals surface area contributed by atoms with Gasteiger partial charge in [0.2, 0.25) is 17.6 Å². The lowest BCUT2D eigenvalue weighted by atomic mass is 9.83. The number of hydrogen-bond donors (Lipinski definition) is 4. The molecule has 0 radical (unpaired) electrons. The molecule has 1 saturated carbocycles. The Morgan fingerprint density at radius 3 is 2.00 bits per heavy atom. The molecule has 0 spiro atoms. The van der Waals surface area contributed by atoms with E-state index in [0.29, 0.717) is 38.6 Å². The quantitative estimate of drug-likeness (QED) is 0.178. The molecule has 5 amide bonds. The normalized spacial score (nSPS) is 22.4. The van der Waals surface area contributed by atoms with E-state index in [1.807, 2.05) is 48.5 Å². The van der Waals surface area contributed by atoms with Crippen molar-refractivity contribution >= 4 is 39.4 Å². The van der Waals surface area contributed by atoms with Gasteiger partial charge in [-0.05, 0) is 77.0 Å². The SMILES string of the molecule is CCCCC(NC(=O)C1(C)CC(C(C)C)CN1C(=O)[C@@H](NC(=O)NC1(CS(=O)(=O)C(C)(C)C)CCCCC1)C(C)(C)C)C(=O)C(=O)NCCC. The summed E-state index contributed by atoms with van der Waals surface area (Å²) in [6.07, 6.45) is 6.21. The Balaban J connectivity index is 2.43. The van der Waals surface area contributed by atoms with Crippen LogP contribution in [0.5, 0.6) is 0 Å². The summed E-state index contributed by atoms with van der Waals surface area (Å²) in [6.45, 7) is 20.7. The highest BCUT2D eigenvalue weighted by Crippen LogP contribution is 2.39. The Bertz CT molecular complexity index is 1330. The van der Waals surface area contributed by atoms with Crippen LogP contribution in [0.25, 0.3) is 0 Å². The van der Waals surface area contributed by atoms with Crippen molar-refractivity contribution in [3.8, 4) is 0 Å². The van der Waals surface area contributed by atoms with Crippen LogP contribution < -0.4 is 21.3 Å². The number of ketones is 1. The first-order chi connectivity index (χ1) is 22.9. The number of likely N-dealkylation sites (tertiary alicyclic amines) is 1. The lowest BCUT2D eigenvalue weighted by Crippen LogP contribution is -2.65. The summed E-state index contributed by atoms with van der Waals surface area (Å²) in [5, 5.41) is 11.4. The van der Waals surface area contributed by atoms with Gasteiger partial charge in [-0.15, -0.1) is 0 Å². The summed E-state index contributed by atoms with van der Waals surface area (Å²) in [6, 6.07) is -2.72. The first-order valence-electron chi connectivity index (χ1n) is 18.7. The highest BCUT2D eigenvalue weighted by atomic mass is 32.2. The van der Waals surface area contributed by atoms with Crippen LogP contribution in [0, 0.1) is 17.3 Å². The number of sulfone groups is 1. The Morgan fingerprint density at radius 2 is 1.50 bits per heavy atom. The maximum atomic E-state index is 14.6. The van der Waals surface area contributed by atoms with Gasteiger partial charge >= 0.3 is 6.03 Å². The van der Waals surface area contributed by atoms with E-state index in [0.717, 1.165) is 25.7 Å². The summed E-state index contributed by atoms with van der Waals surface area (Å²) in [4.78, 5) is 70.0. The second kappa shape index (κ2) is 17.2. The van der Waals surface area contributed by atoms with Gasteiger partial charge in [-0.3, -0.25) is 19.2 Å². The molecule has 1 aliphatic heterocycles. The smallest absolute Gasteiger partial charge is 0.315 e. The number of unbranched alkanes of at least 4 members (excludes halogenated alkanes) is 1. The number of urea groups is 1.